The van der Waals surface area contributed by atoms with Crippen molar-refractivity contribution in [2.24, 2.45) is 11.3 Å². The van der Waals surface area contributed by atoms with E-state index in [4.69, 9.17) is 9.47 Å². The van der Waals surface area contributed by atoms with Crippen molar-refractivity contribution in [3.05, 3.63) is 34.4 Å². The number of carbonyl (C=O) groups excluding carboxylic acids is 1. The summed E-state index contributed by atoms with van der Waals surface area (Å²) in [7, 11) is 0. The lowest BCUT2D eigenvalue weighted by Gasteiger charge is -2.29. The number of hydrogen-bond acceptors (Lipinski definition) is 4. The fourth-order valence-electron chi connectivity index (χ4n) is 3.29. The fourth-order valence-corrected chi connectivity index (χ4v) is 3.29. The highest BCUT2D eigenvalue weighted by molar-refractivity contribution is 5.94. The predicted molar refractivity (Wildman–Crippen MR) is 135 cm³/mol. The van der Waals surface area contributed by atoms with Crippen molar-refractivity contribution in [1.29, 1.82) is 0 Å². The number of ketones is 1. The van der Waals surface area contributed by atoms with Gasteiger partial charge in [0.05, 0.1) is 24.4 Å². The molecule has 2 atom stereocenters. The van der Waals surface area contributed by atoms with Gasteiger partial charge in [-0.2, -0.15) is 0 Å². The van der Waals surface area contributed by atoms with Crippen LogP contribution in [0.1, 0.15) is 110 Å². The van der Waals surface area contributed by atoms with Gasteiger partial charge < -0.3 is 9.47 Å². The van der Waals surface area contributed by atoms with Gasteiger partial charge in [0.1, 0.15) is 5.69 Å². The molecular weight excluding hydrogens is 417 g/mol. The predicted octanol–water partition coefficient (Wildman–Crippen LogP) is 7.58. The van der Waals surface area contributed by atoms with Crippen LogP contribution in [0.3, 0.4) is 0 Å². The highest BCUT2D eigenvalue weighted by atomic mass is 19.1. The van der Waals surface area contributed by atoms with E-state index in [0.29, 0.717) is 25.1 Å². The first-order valence-corrected chi connectivity index (χ1v) is 12.2. The molecule has 0 saturated carbocycles. The van der Waals surface area contributed by atoms with Gasteiger partial charge in [-0.1, -0.05) is 39.3 Å². The Kier molecular flexibility index (Phi) is 10.9. The third-order valence-corrected chi connectivity index (χ3v) is 5.78. The van der Waals surface area contributed by atoms with E-state index in [0.717, 1.165) is 11.1 Å². The molecule has 4 nitrogen and oxygen atoms in total. The van der Waals surface area contributed by atoms with Crippen LogP contribution in [0.4, 0.5) is 4.39 Å². The molecule has 1 aromatic heterocycles. The molecule has 2 unspecified atom stereocenters. The molecule has 0 aliphatic heterocycles. The molecule has 0 N–H and O–H groups in total. The van der Waals surface area contributed by atoms with E-state index in [1.165, 1.54) is 6.07 Å². The van der Waals surface area contributed by atoms with Gasteiger partial charge in [-0.25, -0.2) is 9.37 Å². The van der Waals surface area contributed by atoms with Crippen molar-refractivity contribution < 1.29 is 18.7 Å². The van der Waals surface area contributed by atoms with Crippen LogP contribution in [0.15, 0.2) is 11.6 Å². The van der Waals surface area contributed by atoms with Gasteiger partial charge in [-0.05, 0) is 78.4 Å². The molecule has 1 aromatic rings. The fraction of sp³-hybridized carbons (Fsp3) is 0.714. The van der Waals surface area contributed by atoms with Crippen LogP contribution in [0.5, 0.6) is 0 Å². The Hall–Kier alpha value is -1.59. The topological polar surface area (TPSA) is 48.4 Å². The summed E-state index contributed by atoms with van der Waals surface area (Å²) in [6, 6.07) is 1.43. The number of aryl methyl sites for hydroxylation is 1. The van der Waals surface area contributed by atoms with Crippen LogP contribution in [0.2, 0.25) is 0 Å². The summed E-state index contributed by atoms with van der Waals surface area (Å²) < 4.78 is 26.8. The number of pyridine rings is 1. The summed E-state index contributed by atoms with van der Waals surface area (Å²) in [5.74, 6) is -0.628. The first kappa shape index (κ1) is 29.4. The van der Waals surface area contributed by atoms with Crippen LogP contribution < -0.4 is 0 Å². The van der Waals surface area contributed by atoms with Gasteiger partial charge in [0.25, 0.3) is 0 Å². The van der Waals surface area contributed by atoms with Crippen LogP contribution >= 0.6 is 0 Å². The number of halogens is 1. The van der Waals surface area contributed by atoms with E-state index < -0.39 is 5.82 Å². The van der Waals surface area contributed by atoms with E-state index in [2.05, 4.69) is 32.7 Å². The molecule has 188 valence electrons. The molecule has 0 fully saturated rings. The average Bonchev–Trinajstić information content (AvgIpc) is 2.66. The van der Waals surface area contributed by atoms with Crippen molar-refractivity contribution in [3.63, 3.8) is 0 Å². The molecule has 33 heavy (non-hydrogen) atoms. The minimum absolute atomic E-state index is 0.0128. The Balaban J connectivity index is 2.84. The molecule has 0 bridgehead atoms. The maximum Gasteiger partial charge on any atom is 0.184 e. The van der Waals surface area contributed by atoms with Crippen molar-refractivity contribution in [3.8, 4) is 0 Å². The number of allylic oxidation sites excluding steroid dienone is 1. The minimum atomic E-state index is -0.555. The molecule has 5 heteroatoms. The molecular formula is C28H46FNO3. The van der Waals surface area contributed by atoms with Gasteiger partial charge >= 0.3 is 0 Å². The van der Waals surface area contributed by atoms with Gasteiger partial charge in [0.2, 0.25) is 0 Å². The molecule has 0 saturated heterocycles. The third-order valence-electron chi connectivity index (χ3n) is 5.78. The van der Waals surface area contributed by atoms with Gasteiger partial charge in [-0.15, -0.1) is 0 Å². The van der Waals surface area contributed by atoms with Gasteiger partial charge in [0.15, 0.2) is 11.6 Å². The van der Waals surface area contributed by atoms with E-state index in [-0.39, 0.29) is 47.0 Å². The summed E-state index contributed by atoms with van der Waals surface area (Å²) >= 11 is 0. The van der Waals surface area contributed by atoms with Gasteiger partial charge in [0, 0.05) is 18.0 Å². The lowest BCUT2D eigenvalue weighted by atomic mass is 9.86. The van der Waals surface area contributed by atoms with Crippen LogP contribution in [0, 0.1) is 24.1 Å². The smallest absolute Gasteiger partial charge is 0.184 e. The van der Waals surface area contributed by atoms with Crippen molar-refractivity contribution in [2.45, 2.75) is 113 Å². The second kappa shape index (κ2) is 12.2. The quantitative estimate of drug-likeness (QED) is 0.317. The lowest BCUT2D eigenvalue weighted by Crippen LogP contribution is -2.32. The molecule has 0 aromatic carbocycles. The number of nitrogens with zero attached hydrogens (tertiary/aromatic N) is 1. The van der Waals surface area contributed by atoms with Crippen molar-refractivity contribution in [2.75, 3.05) is 6.61 Å². The monoisotopic (exact) mass is 463 g/mol. The molecule has 1 rings (SSSR count). The largest absolute Gasteiger partial charge is 0.375 e. The molecule has 0 amide bonds. The summed E-state index contributed by atoms with van der Waals surface area (Å²) in [5, 5.41) is 0. The molecule has 0 spiro atoms. The zero-order valence-corrected chi connectivity index (χ0v) is 22.8. The van der Waals surface area contributed by atoms with Crippen LogP contribution in [-0.2, 0) is 9.47 Å². The van der Waals surface area contributed by atoms with Crippen molar-refractivity contribution >= 4 is 11.9 Å². The zero-order valence-electron chi connectivity index (χ0n) is 22.8. The number of rotatable bonds is 11. The highest BCUT2D eigenvalue weighted by Crippen LogP contribution is 2.28. The summed E-state index contributed by atoms with van der Waals surface area (Å²) in [5.41, 5.74) is 2.23. The van der Waals surface area contributed by atoms with Crippen LogP contribution in [-0.4, -0.2) is 35.2 Å². The van der Waals surface area contributed by atoms with Crippen LogP contribution in [0.25, 0.3) is 6.08 Å². The Morgan fingerprint density at radius 1 is 1.15 bits per heavy atom. The second-order valence-corrected chi connectivity index (χ2v) is 11.5. The molecule has 0 radical (unpaired) electrons. The first-order chi connectivity index (χ1) is 15.0. The first-order valence-electron chi connectivity index (χ1n) is 12.2. The number of carbonyl (C=O) groups is 1. The zero-order chi connectivity index (χ0) is 25.6. The molecule has 0 aliphatic rings. The van der Waals surface area contributed by atoms with Gasteiger partial charge in [-0.3, -0.25) is 4.79 Å². The Morgan fingerprint density at radius 3 is 2.27 bits per heavy atom. The minimum Gasteiger partial charge on any atom is -0.375 e. The Labute approximate surface area is 201 Å². The summed E-state index contributed by atoms with van der Waals surface area (Å²) in [4.78, 5) is 17.1. The van der Waals surface area contributed by atoms with E-state index in [1.807, 2.05) is 54.5 Å². The number of ether oxygens (including phenoxy) is 2. The molecule has 1 heterocycles. The number of aromatic nitrogens is 1. The maximum atomic E-state index is 14.8. The maximum absolute atomic E-state index is 14.8. The Morgan fingerprint density at radius 2 is 1.76 bits per heavy atom. The number of hydrogen-bond donors (Lipinski definition) is 0. The lowest BCUT2D eigenvalue weighted by molar-refractivity contribution is -0.0788. The SMILES string of the molecule is C/C(=C\c1cc(F)c(C(=O)CCCC(OC(C)C)C(C)COC(C)(C)C)nc1C)C(C)(C)C. The highest BCUT2D eigenvalue weighted by Gasteiger charge is 2.23. The number of Topliss-reactive ketones (excluding diaryl/α,β-unsaturated/α-hetero) is 1. The standard InChI is InChI=1S/C28H46FNO3/c1-18(2)33-25(19(3)17-32-28(9,10)11)14-12-13-24(31)26-23(29)16-22(21(5)30-26)15-20(4)27(6,7)8/h15-16,18-19,25H,12-14,17H2,1-11H3/b20-15+. The van der Waals surface area contributed by atoms with E-state index in [9.17, 15) is 9.18 Å². The van der Waals surface area contributed by atoms with E-state index >= 15 is 0 Å². The van der Waals surface area contributed by atoms with E-state index in [1.54, 1.807) is 0 Å². The second-order valence-electron chi connectivity index (χ2n) is 11.5. The van der Waals surface area contributed by atoms with Crippen molar-refractivity contribution in [1.82, 2.24) is 4.98 Å². The average molecular weight is 464 g/mol. The molecule has 0 aliphatic carbocycles. The third kappa shape index (κ3) is 10.5. The summed E-state index contributed by atoms with van der Waals surface area (Å²) in [6.07, 6.45) is 3.58. The Bertz CT molecular complexity index is 816. The summed E-state index contributed by atoms with van der Waals surface area (Å²) in [6.45, 7) is 23.0. The normalized spacial score (nSPS) is 15.1.